The number of esters is 2. The van der Waals surface area contributed by atoms with Gasteiger partial charge in [0.05, 0.1) is 0 Å². The number of carbonyl (C=O) groups excluding carboxylic acids is 2. The maximum absolute atomic E-state index is 10.4. The number of carbonyl (C=O) groups is 4. The molecule has 0 bridgehead atoms. The highest BCUT2D eigenvalue weighted by Crippen LogP contribution is 1.82. The molecule has 110 valence electrons. The second kappa shape index (κ2) is 12.6. The third kappa shape index (κ3) is 17.5. The van der Waals surface area contributed by atoms with Gasteiger partial charge >= 0.3 is 23.9 Å². The number of hydrogen-bond acceptors (Lipinski definition) is 6. The molecule has 0 aliphatic carbocycles. The van der Waals surface area contributed by atoms with E-state index >= 15 is 0 Å². The van der Waals surface area contributed by atoms with Gasteiger partial charge in [-0.3, -0.25) is 0 Å². The number of ether oxygens (including phenoxy) is 2. The number of rotatable bonds is 7. The first kappa shape index (κ1) is 19.4. The van der Waals surface area contributed by atoms with Crippen LogP contribution in [0, 0.1) is 0 Å². The van der Waals surface area contributed by atoms with E-state index in [1.807, 2.05) is 0 Å². The highest BCUT2D eigenvalue weighted by Gasteiger charge is 1.97. The molecule has 0 aromatic carbocycles. The molecule has 0 atom stereocenters. The van der Waals surface area contributed by atoms with Gasteiger partial charge in [0.2, 0.25) is 0 Å². The third-order valence-corrected chi connectivity index (χ3v) is 1.27. The molecule has 0 spiro atoms. The molecule has 8 heteroatoms. The fraction of sp³-hybridized carbons (Fsp3) is 0.167. The van der Waals surface area contributed by atoms with E-state index in [0.29, 0.717) is 12.2 Å². The molecular formula is C12H14O8. The predicted octanol–water partition coefficient (Wildman–Crippen LogP) is 0.157. The van der Waals surface area contributed by atoms with Crippen LogP contribution < -0.4 is 0 Å². The summed E-state index contributed by atoms with van der Waals surface area (Å²) in [6, 6.07) is 0. The maximum atomic E-state index is 10.4. The monoisotopic (exact) mass is 286 g/mol. The van der Waals surface area contributed by atoms with E-state index in [1.54, 1.807) is 0 Å². The van der Waals surface area contributed by atoms with E-state index in [2.05, 4.69) is 22.6 Å². The van der Waals surface area contributed by atoms with Crippen molar-refractivity contribution in [1.29, 1.82) is 0 Å². The summed E-state index contributed by atoms with van der Waals surface area (Å²) in [5, 5.41) is 15.6. The van der Waals surface area contributed by atoms with Gasteiger partial charge in [-0.2, -0.15) is 0 Å². The summed E-state index contributed by atoms with van der Waals surface area (Å²) >= 11 is 0. The second-order valence-corrected chi connectivity index (χ2v) is 2.75. The van der Waals surface area contributed by atoms with Gasteiger partial charge in [-0.05, 0) is 0 Å². The highest BCUT2D eigenvalue weighted by atomic mass is 16.6. The second-order valence-electron chi connectivity index (χ2n) is 2.75. The SMILES string of the molecule is C=CC(=O)OCCOC(=O)C=C.O=C(O)/C=C\C(=O)O. The van der Waals surface area contributed by atoms with E-state index in [9.17, 15) is 19.2 Å². The fourth-order valence-corrected chi connectivity index (χ4v) is 0.545. The Morgan fingerprint density at radius 2 is 1.10 bits per heavy atom. The number of carboxylic acids is 2. The van der Waals surface area contributed by atoms with Crippen molar-refractivity contribution in [2.75, 3.05) is 13.2 Å². The van der Waals surface area contributed by atoms with Gasteiger partial charge in [-0.1, -0.05) is 13.2 Å². The van der Waals surface area contributed by atoms with Gasteiger partial charge < -0.3 is 19.7 Å². The Morgan fingerprint density at radius 3 is 1.30 bits per heavy atom. The summed E-state index contributed by atoms with van der Waals surface area (Å²) in [4.78, 5) is 40.0. The molecule has 0 amide bonds. The van der Waals surface area contributed by atoms with Crippen LogP contribution in [0.2, 0.25) is 0 Å². The van der Waals surface area contributed by atoms with Gasteiger partial charge in [0.15, 0.2) is 0 Å². The van der Waals surface area contributed by atoms with Crippen molar-refractivity contribution in [3.05, 3.63) is 37.5 Å². The third-order valence-electron chi connectivity index (χ3n) is 1.27. The summed E-state index contributed by atoms with van der Waals surface area (Å²) in [7, 11) is 0. The van der Waals surface area contributed by atoms with Crippen LogP contribution in [0.3, 0.4) is 0 Å². The Balaban J connectivity index is 0. The zero-order chi connectivity index (χ0) is 16.0. The minimum Gasteiger partial charge on any atom is -0.478 e. The van der Waals surface area contributed by atoms with Crippen LogP contribution in [0.25, 0.3) is 0 Å². The predicted molar refractivity (Wildman–Crippen MR) is 66.7 cm³/mol. The topological polar surface area (TPSA) is 127 Å². The molecule has 0 saturated carbocycles. The Hall–Kier alpha value is -2.90. The minimum absolute atomic E-state index is 0.0322. The standard InChI is InChI=1S/C8H10O4.C4H4O4/c1-3-7(9)11-5-6-12-8(10)4-2;5-3(6)1-2-4(7)8/h3-4H,1-2,5-6H2;1-2H,(H,5,6)(H,7,8)/b;2-1-. The smallest absolute Gasteiger partial charge is 0.330 e. The van der Waals surface area contributed by atoms with Crippen LogP contribution in [0.4, 0.5) is 0 Å². The zero-order valence-electron chi connectivity index (χ0n) is 10.5. The van der Waals surface area contributed by atoms with Gasteiger partial charge in [-0.15, -0.1) is 0 Å². The normalized spacial score (nSPS) is 8.80. The van der Waals surface area contributed by atoms with Crippen molar-refractivity contribution in [3.8, 4) is 0 Å². The van der Waals surface area contributed by atoms with E-state index in [0.717, 1.165) is 12.2 Å². The summed E-state index contributed by atoms with van der Waals surface area (Å²) < 4.78 is 9.04. The molecule has 0 saturated heterocycles. The number of aliphatic carboxylic acids is 2. The van der Waals surface area contributed by atoms with Gasteiger partial charge in [-0.25, -0.2) is 19.2 Å². The van der Waals surface area contributed by atoms with E-state index in [-0.39, 0.29) is 13.2 Å². The van der Waals surface area contributed by atoms with Crippen LogP contribution >= 0.6 is 0 Å². The molecule has 8 nitrogen and oxygen atoms in total. The van der Waals surface area contributed by atoms with Crippen LogP contribution in [-0.4, -0.2) is 47.3 Å². The van der Waals surface area contributed by atoms with Crippen molar-refractivity contribution in [2.45, 2.75) is 0 Å². The molecule has 0 rings (SSSR count). The Morgan fingerprint density at radius 1 is 0.800 bits per heavy atom. The lowest BCUT2D eigenvalue weighted by atomic mass is 10.5. The van der Waals surface area contributed by atoms with Gasteiger partial charge in [0, 0.05) is 24.3 Å². The fourth-order valence-electron chi connectivity index (χ4n) is 0.545. The Bertz CT molecular complexity index is 370. The van der Waals surface area contributed by atoms with E-state index < -0.39 is 23.9 Å². The molecule has 0 aromatic rings. The Kier molecular flexibility index (Phi) is 12.2. The summed E-state index contributed by atoms with van der Waals surface area (Å²) in [5.74, 6) is -3.59. The van der Waals surface area contributed by atoms with Gasteiger partial charge in [0.1, 0.15) is 13.2 Å². The molecular weight excluding hydrogens is 272 g/mol. The quantitative estimate of drug-likeness (QED) is 0.385. The molecule has 0 radical (unpaired) electrons. The lowest BCUT2D eigenvalue weighted by molar-refractivity contribution is -0.146. The first-order valence-electron chi connectivity index (χ1n) is 5.05. The summed E-state index contributed by atoms with van der Waals surface area (Å²) in [6.07, 6.45) is 3.19. The van der Waals surface area contributed by atoms with Crippen LogP contribution in [-0.2, 0) is 28.7 Å². The molecule has 0 aromatic heterocycles. The van der Waals surface area contributed by atoms with Gasteiger partial charge in [0.25, 0.3) is 0 Å². The first-order valence-corrected chi connectivity index (χ1v) is 5.05. The summed E-state index contributed by atoms with van der Waals surface area (Å²) in [6.45, 7) is 6.45. The zero-order valence-corrected chi connectivity index (χ0v) is 10.5. The minimum atomic E-state index is -1.26. The van der Waals surface area contributed by atoms with Crippen LogP contribution in [0.5, 0.6) is 0 Å². The molecule has 0 unspecified atom stereocenters. The average molecular weight is 286 g/mol. The lowest BCUT2D eigenvalue weighted by Gasteiger charge is -2.01. The van der Waals surface area contributed by atoms with Crippen LogP contribution in [0.15, 0.2) is 37.5 Å². The molecule has 0 aliphatic rings. The highest BCUT2D eigenvalue weighted by molar-refractivity contribution is 5.89. The number of carboxylic acid groups (broad SMARTS) is 2. The first-order chi connectivity index (χ1) is 9.33. The lowest BCUT2D eigenvalue weighted by Crippen LogP contribution is -2.10. The number of hydrogen-bond donors (Lipinski definition) is 2. The average Bonchev–Trinajstić information content (AvgIpc) is 2.41. The van der Waals surface area contributed by atoms with Crippen molar-refractivity contribution in [2.24, 2.45) is 0 Å². The largest absolute Gasteiger partial charge is 0.478 e. The molecule has 0 aliphatic heterocycles. The maximum Gasteiger partial charge on any atom is 0.330 e. The van der Waals surface area contributed by atoms with E-state index in [1.165, 1.54) is 0 Å². The molecule has 0 heterocycles. The molecule has 0 fully saturated rings. The molecule has 2 N–H and O–H groups in total. The van der Waals surface area contributed by atoms with Crippen molar-refractivity contribution >= 4 is 23.9 Å². The van der Waals surface area contributed by atoms with E-state index in [4.69, 9.17) is 10.2 Å². The van der Waals surface area contributed by atoms with Crippen molar-refractivity contribution in [3.63, 3.8) is 0 Å². The Labute approximate surface area is 114 Å². The molecule has 20 heavy (non-hydrogen) atoms. The van der Waals surface area contributed by atoms with Crippen molar-refractivity contribution in [1.82, 2.24) is 0 Å². The summed E-state index contributed by atoms with van der Waals surface area (Å²) in [5.41, 5.74) is 0. The van der Waals surface area contributed by atoms with Crippen LogP contribution in [0.1, 0.15) is 0 Å². The van der Waals surface area contributed by atoms with Crippen molar-refractivity contribution < 1.29 is 38.9 Å².